The number of ether oxygens (including phenoxy) is 1. The SMILES string of the molecule is C[C@@H](OC(=O)C[C@@H]1C=CCC1)C(=O)Nc1ccc(Br)cc1. The molecule has 1 aliphatic carbocycles. The highest BCUT2D eigenvalue weighted by atomic mass is 79.9. The summed E-state index contributed by atoms with van der Waals surface area (Å²) in [5.41, 5.74) is 0.671. The summed E-state index contributed by atoms with van der Waals surface area (Å²) < 4.78 is 6.11. The van der Waals surface area contributed by atoms with Crippen LogP contribution in [-0.2, 0) is 14.3 Å². The van der Waals surface area contributed by atoms with Gasteiger partial charge in [-0.1, -0.05) is 28.1 Å². The van der Waals surface area contributed by atoms with Crippen LogP contribution >= 0.6 is 15.9 Å². The number of halogens is 1. The third kappa shape index (κ3) is 5.01. The Kier molecular flexibility index (Phi) is 5.56. The molecule has 112 valence electrons. The smallest absolute Gasteiger partial charge is 0.307 e. The molecule has 5 heteroatoms. The molecule has 1 aliphatic rings. The first-order chi connectivity index (χ1) is 10.0. The molecule has 0 saturated heterocycles. The summed E-state index contributed by atoms with van der Waals surface area (Å²) in [6.07, 6.45) is 5.64. The number of esters is 1. The Balaban J connectivity index is 1.80. The van der Waals surface area contributed by atoms with Gasteiger partial charge in [0.05, 0.1) is 6.42 Å². The van der Waals surface area contributed by atoms with Crippen molar-refractivity contribution in [2.75, 3.05) is 5.32 Å². The molecule has 0 radical (unpaired) electrons. The van der Waals surface area contributed by atoms with Gasteiger partial charge in [-0.05, 0) is 49.9 Å². The van der Waals surface area contributed by atoms with Crippen molar-refractivity contribution in [3.8, 4) is 0 Å². The number of hydrogen-bond acceptors (Lipinski definition) is 3. The van der Waals surface area contributed by atoms with Crippen LogP contribution in [-0.4, -0.2) is 18.0 Å². The zero-order valence-corrected chi connectivity index (χ0v) is 13.4. The summed E-state index contributed by atoms with van der Waals surface area (Å²) >= 11 is 3.33. The highest BCUT2D eigenvalue weighted by Crippen LogP contribution is 2.21. The maximum absolute atomic E-state index is 12.0. The van der Waals surface area contributed by atoms with Gasteiger partial charge < -0.3 is 10.1 Å². The van der Waals surface area contributed by atoms with Crippen LogP contribution in [0.15, 0.2) is 40.9 Å². The Morgan fingerprint density at radius 3 is 2.71 bits per heavy atom. The van der Waals surface area contributed by atoms with Crippen LogP contribution in [0.5, 0.6) is 0 Å². The molecule has 1 amide bonds. The molecule has 0 saturated carbocycles. The van der Waals surface area contributed by atoms with Crippen LogP contribution in [0.2, 0.25) is 0 Å². The van der Waals surface area contributed by atoms with E-state index in [9.17, 15) is 9.59 Å². The number of carbonyl (C=O) groups is 2. The van der Waals surface area contributed by atoms with E-state index in [-0.39, 0.29) is 17.8 Å². The lowest BCUT2D eigenvalue weighted by molar-refractivity contribution is -0.153. The number of nitrogens with one attached hydrogen (secondary N) is 1. The molecular formula is C16H18BrNO3. The monoisotopic (exact) mass is 351 g/mol. The van der Waals surface area contributed by atoms with Crippen molar-refractivity contribution >= 4 is 33.5 Å². The Morgan fingerprint density at radius 1 is 1.38 bits per heavy atom. The quantitative estimate of drug-likeness (QED) is 0.650. The van der Waals surface area contributed by atoms with Gasteiger partial charge in [0.15, 0.2) is 6.10 Å². The van der Waals surface area contributed by atoms with E-state index in [1.807, 2.05) is 18.2 Å². The molecule has 0 fully saturated rings. The second-order valence-electron chi connectivity index (χ2n) is 5.10. The topological polar surface area (TPSA) is 55.4 Å². The predicted octanol–water partition coefficient (Wildman–Crippen LogP) is 3.68. The normalized spacial score (nSPS) is 18.3. The number of benzene rings is 1. The molecule has 0 unspecified atom stereocenters. The van der Waals surface area contributed by atoms with Gasteiger partial charge in [0.25, 0.3) is 5.91 Å². The second kappa shape index (κ2) is 7.41. The number of rotatable bonds is 5. The zero-order valence-electron chi connectivity index (χ0n) is 11.8. The summed E-state index contributed by atoms with van der Waals surface area (Å²) in [4.78, 5) is 23.7. The van der Waals surface area contributed by atoms with Crippen molar-refractivity contribution in [1.29, 1.82) is 0 Å². The predicted molar refractivity (Wildman–Crippen MR) is 84.8 cm³/mol. The van der Waals surface area contributed by atoms with Gasteiger partial charge in [-0.2, -0.15) is 0 Å². The van der Waals surface area contributed by atoms with Gasteiger partial charge in [0.1, 0.15) is 0 Å². The first kappa shape index (κ1) is 15.8. The van der Waals surface area contributed by atoms with Gasteiger partial charge in [-0.3, -0.25) is 9.59 Å². The molecule has 2 atom stereocenters. The van der Waals surface area contributed by atoms with E-state index in [1.165, 1.54) is 0 Å². The molecule has 1 N–H and O–H groups in total. The summed E-state index contributed by atoms with van der Waals surface area (Å²) in [6.45, 7) is 1.58. The standard InChI is InChI=1S/C16H18BrNO3/c1-11(21-15(19)10-12-4-2-3-5-12)16(20)18-14-8-6-13(17)7-9-14/h2,4,6-9,11-12H,3,5,10H2,1H3,(H,18,20)/t11-,12-/m1/s1. The second-order valence-corrected chi connectivity index (χ2v) is 6.01. The number of allylic oxidation sites excluding steroid dienone is 2. The minimum Gasteiger partial charge on any atom is -0.453 e. The van der Waals surface area contributed by atoms with E-state index < -0.39 is 6.10 Å². The molecular weight excluding hydrogens is 334 g/mol. The van der Waals surface area contributed by atoms with E-state index >= 15 is 0 Å². The molecule has 1 aromatic carbocycles. The van der Waals surface area contributed by atoms with Crippen LogP contribution < -0.4 is 5.32 Å². The average Bonchev–Trinajstić information content (AvgIpc) is 2.94. The van der Waals surface area contributed by atoms with Gasteiger partial charge in [-0.15, -0.1) is 0 Å². The Bertz CT molecular complexity index is 539. The molecule has 0 bridgehead atoms. The van der Waals surface area contributed by atoms with Crippen LogP contribution in [0.4, 0.5) is 5.69 Å². The largest absolute Gasteiger partial charge is 0.453 e. The van der Waals surface area contributed by atoms with Gasteiger partial charge in [-0.25, -0.2) is 0 Å². The van der Waals surface area contributed by atoms with Gasteiger partial charge >= 0.3 is 5.97 Å². The van der Waals surface area contributed by atoms with Crippen molar-refractivity contribution in [1.82, 2.24) is 0 Å². The minimum absolute atomic E-state index is 0.249. The fourth-order valence-electron chi connectivity index (χ4n) is 2.16. The first-order valence-corrected chi connectivity index (χ1v) is 7.76. The third-order valence-electron chi connectivity index (χ3n) is 3.33. The van der Waals surface area contributed by atoms with E-state index in [0.717, 1.165) is 17.3 Å². The van der Waals surface area contributed by atoms with E-state index in [0.29, 0.717) is 12.1 Å². The third-order valence-corrected chi connectivity index (χ3v) is 3.86. The summed E-state index contributed by atoms with van der Waals surface area (Å²) in [7, 11) is 0. The van der Waals surface area contributed by atoms with Crippen molar-refractivity contribution in [2.45, 2.75) is 32.3 Å². The summed E-state index contributed by atoms with van der Waals surface area (Å²) in [5, 5.41) is 2.72. The lowest BCUT2D eigenvalue weighted by atomic mass is 10.1. The van der Waals surface area contributed by atoms with Crippen molar-refractivity contribution in [2.24, 2.45) is 5.92 Å². The molecule has 0 aliphatic heterocycles. The Morgan fingerprint density at radius 2 is 2.10 bits per heavy atom. The first-order valence-electron chi connectivity index (χ1n) is 6.97. The molecule has 0 heterocycles. The molecule has 4 nitrogen and oxygen atoms in total. The maximum atomic E-state index is 12.0. The van der Waals surface area contributed by atoms with Crippen LogP contribution in [0.3, 0.4) is 0 Å². The van der Waals surface area contributed by atoms with Crippen LogP contribution in [0.1, 0.15) is 26.2 Å². The van der Waals surface area contributed by atoms with Crippen LogP contribution in [0, 0.1) is 5.92 Å². The van der Waals surface area contributed by atoms with Gasteiger partial charge in [0, 0.05) is 10.2 Å². The highest BCUT2D eigenvalue weighted by Gasteiger charge is 2.21. The maximum Gasteiger partial charge on any atom is 0.307 e. The minimum atomic E-state index is -0.800. The number of anilines is 1. The Hall–Kier alpha value is -1.62. The molecule has 0 spiro atoms. The van der Waals surface area contributed by atoms with Crippen molar-refractivity contribution in [3.63, 3.8) is 0 Å². The highest BCUT2D eigenvalue weighted by molar-refractivity contribution is 9.10. The van der Waals surface area contributed by atoms with Crippen LogP contribution in [0.25, 0.3) is 0 Å². The number of amides is 1. The average molecular weight is 352 g/mol. The Labute approximate surface area is 132 Å². The molecule has 0 aromatic heterocycles. The fourth-order valence-corrected chi connectivity index (χ4v) is 2.42. The summed E-state index contributed by atoms with van der Waals surface area (Å²) in [6, 6.07) is 7.22. The van der Waals surface area contributed by atoms with E-state index in [1.54, 1.807) is 19.1 Å². The van der Waals surface area contributed by atoms with E-state index in [2.05, 4.69) is 27.3 Å². The fraction of sp³-hybridized carbons (Fsp3) is 0.375. The molecule has 21 heavy (non-hydrogen) atoms. The molecule has 1 aromatic rings. The molecule has 2 rings (SSSR count). The van der Waals surface area contributed by atoms with Crippen molar-refractivity contribution in [3.05, 3.63) is 40.9 Å². The van der Waals surface area contributed by atoms with Crippen molar-refractivity contribution < 1.29 is 14.3 Å². The van der Waals surface area contributed by atoms with E-state index in [4.69, 9.17) is 4.74 Å². The number of hydrogen-bond donors (Lipinski definition) is 1. The zero-order chi connectivity index (χ0) is 15.2. The lowest BCUT2D eigenvalue weighted by Gasteiger charge is -2.14. The summed E-state index contributed by atoms with van der Waals surface area (Å²) in [5.74, 6) is -0.406. The number of carbonyl (C=O) groups excluding carboxylic acids is 2. The van der Waals surface area contributed by atoms with Gasteiger partial charge in [0.2, 0.25) is 0 Å². The lowest BCUT2D eigenvalue weighted by Crippen LogP contribution is -2.30.